The fourth-order valence-electron chi connectivity index (χ4n) is 1.24. The van der Waals surface area contributed by atoms with Gasteiger partial charge in [0.2, 0.25) is 0 Å². The third-order valence-electron chi connectivity index (χ3n) is 2.01. The van der Waals surface area contributed by atoms with E-state index in [-0.39, 0.29) is 5.56 Å². The van der Waals surface area contributed by atoms with Gasteiger partial charge in [-0.2, -0.15) is 0 Å². The summed E-state index contributed by atoms with van der Waals surface area (Å²) in [6, 6.07) is 1.51. The number of carboxylic acid groups (broad SMARTS) is 1. The summed E-state index contributed by atoms with van der Waals surface area (Å²) in [6.45, 7) is 0.457. The van der Waals surface area contributed by atoms with Crippen LogP contribution in [-0.2, 0) is 6.54 Å². The molecule has 0 bridgehead atoms. The molecule has 2 aromatic rings. The number of pyridine rings is 1. The van der Waals surface area contributed by atoms with Crippen LogP contribution in [0.5, 0.6) is 0 Å². The van der Waals surface area contributed by atoms with E-state index >= 15 is 0 Å². The van der Waals surface area contributed by atoms with Crippen molar-refractivity contribution in [2.45, 2.75) is 6.54 Å². The molecule has 0 aromatic carbocycles. The van der Waals surface area contributed by atoms with Crippen LogP contribution in [0.25, 0.3) is 0 Å². The van der Waals surface area contributed by atoms with Crippen molar-refractivity contribution in [2.75, 3.05) is 5.32 Å². The maximum Gasteiger partial charge on any atom is 0.339 e. The number of aromatic nitrogens is 2. The fraction of sp³-hybridized carbons (Fsp3) is 0.100. The standard InChI is InChI=1S/C10H8BrN3O2S/c11-6-1-8(10(15)16)9(12-2-6)13-3-7-4-17-5-14-7/h1-2,4-5H,3H2,(H,12,13)(H,15,16). The second-order valence-electron chi connectivity index (χ2n) is 3.19. The Morgan fingerprint density at radius 2 is 2.35 bits per heavy atom. The topological polar surface area (TPSA) is 75.1 Å². The molecule has 0 saturated heterocycles. The predicted octanol–water partition coefficient (Wildman–Crippen LogP) is 2.61. The van der Waals surface area contributed by atoms with Crippen LogP contribution in [0.3, 0.4) is 0 Å². The van der Waals surface area contributed by atoms with E-state index in [2.05, 4.69) is 31.2 Å². The largest absolute Gasteiger partial charge is 0.478 e. The van der Waals surface area contributed by atoms with Crippen LogP contribution in [0.1, 0.15) is 16.1 Å². The highest BCUT2D eigenvalue weighted by molar-refractivity contribution is 9.10. The van der Waals surface area contributed by atoms with Crippen LogP contribution in [-0.4, -0.2) is 21.0 Å². The predicted molar refractivity (Wildman–Crippen MR) is 68.3 cm³/mol. The molecule has 0 aliphatic carbocycles. The Bertz CT molecular complexity index is 530. The number of hydrogen-bond acceptors (Lipinski definition) is 5. The highest BCUT2D eigenvalue weighted by atomic mass is 79.9. The van der Waals surface area contributed by atoms with Gasteiger partial charge in [0.1, 0.15) is 11.4 Å². The Morgan fingerprint density at radius 3 is 3.00 bits per heavy atom. The minimum Gasteiger partial charge on any atom is -0.478 e. The first kappa shape index (κ1) is 12.0. The molecule has 88 valence electrons. The first-order chi connectivity index (χ1) is 8.16. The molecule has 0 fully saturated rings. The van der Waals surface area contributed by atoms with Crippen LogP contribution in [0.2, 0.25) is 0 Å². The average molecular weight is 314 g/mol. The molecule has 17 heavy (non-hydrogen) atoms. The zero-order chi connectivity index (χ0) is 12.3. The molecule has 0 atom stereocenters. The van der Waals surface area contributed by atoms with E-state index in [4.69, 9.17) is 5.11 Å². The van der Waals surface area contributed by atoms with Crippen LogP contribution in [0.4, 0.5) is 5.82 Å². The molecular weight excluding hydrogens is 306 g/mol. The number of halogens is 1. The Hall–Kier alpha value is -1.47. The van der Waals surface area contributed by atoms with E-state index in [1.54, 1.807) is 11.7 Å². The number of aromatic carboxylic acids is 1. The molecule has 2 rings (SSSR count). The normalized spacial score (nSPS) is 10.2. The minimum atomic E-state index is -1.01. The quantitative estimate of drug-likeness (QED) is 0.907. The number of anilines is 1. The van der Waals surface area contributed by atoms with Crippen LogP contribution < -0.4 is 5.32 Å². The summed E-state index contributed by atoms with van der Waals surface area (Å²) in [7, 11) is 0. The smallest absolute Gasteiger partial charge is 0.339 e. The Morgan fingerprint density at radius 1 is 1.53 bits per heavy atom. The maximum absolute atomic E-state index is 11.0. The van der Waals surface area contributed by atoms with Gasteiger partial charge in [-0.3, -0.25) is 0 Å². The number of hydrogen-bond donors (Lipinski definition) is 2. The van der Waals surface area contributed by atoms with Gasteiger partial charge in [-0.15, -0.1) is 11.3 Å². The van der Waals surface area contributed by atoms with E-state index in [0.29, 0.717) is 16.8 Å². The molecular formula is C10H8BrN3O2S. The maximum atomic E-state index is 11.0. The van der Waals surface area contributed by atoms with Crippen molar-refractivity contribution in [1.82, 2.24) is 9.97 Å². The van der Waals surface area contributed by atoms with E-state index in [9.17, 15) is 4.79 Å². The van der Waals surface area contributed by atoms with Gasteiger partial charge in [0.15, 0.2) is 0 Å². The highest BCUT2D eigenvalue weighted by Crippen LogP contribution is 2.18. The van der Waals surface area contributed by atoms with Crippen molar-refractivity contribution in [1.29, 1.82) is 0 Å². The zero-order valence-electron chi connectivity index (χ0n) is 8.55. The van der Waals surface area contributed by atoms with Crippen LogP contribution >= 0.6 is 27.3 Å². The van der Waals surface area contributed by atoms with Crippen molar-refractivity contribution >= 4 is 39.1 Å². The molecule has 7 heteroatoms. The third kappa shape index (κ3) is 3.01. The molecule has 0 spiro atoms. The van der Waals surface area contributed by atoms with E-state index in [1.165, 1.54) is 17.4 Å². The van der Waals surface area contributed by atoms with Gasteiger partial charge in [-0.05, 0) is 22.0 Å². The van der Waals surface area contributed by atoms with Crippen molar-refractivity contribution in [3.05, 3.63) is 38.9 Å². The molecule has 0 radical (unpaired) electrons. The molecule has 0 saturated carbocycles. The lowest BCUT2D eigenvalue weighted by Crippen LogP contribution is -2.08. The van der Waals surface area contributed by atoms with Gasteiger partial charge < -0.3 is 10.4 Å². The molecule has 0 aliphatic heterocycles. The summed E-state index contributed by atoms with van der Waals surface area (Å²) in [5.74, 6) is -0.673. The summed E-state index contributed by atoms with van der Waals surface area (Å²) in [5.41, 5.74) is 2.72. The Balaban J connectivity index is 2.17. The fourth-order valence-corrected chi connectivity index (χ4v) is 2.13. The van der Waals surface area contributed by atoms with Crippen molar-refractivity contribution < 1.29 is 9.90 Å². The first-order valence-corrected chi connectivity index (χ1v) is 6.40. The van der Waals surface area contributed by atoms with Crippen molar-refractivity contribution in [2.24, 2.45) is 0 Å². The first-order valence-electron chi connectivity index (χ1n) is 4.66. The third-order valence-corrected chi connectivity index (χ3v) is 3.07. The second-order valence-corrected chi connectivity index (χ2v) is 4.82. The molecule has 2 N–H and O–H groups in total. The van der Waals surface area contributed by atoms with Gasteiger partial charge >= 0.3 is 5.97 Å². The molecule has 2 heterocycles. The highest BCUT2D eigenvalue weighted by Gasteiger charge is 2.12. The zero-order valence-corrected chi connectivity index (χ0v) is 11.0. The average Bonchev–Trinajstić information content (AvgIpc) is 2.80. The molecule has 2 aromatic heterocycles. The van der Waals surface area contributed by atoms with Gasteiger partial charge in [0, 0.05) is 16.0 Å². The molecule has 0 unspecified atom stereocenters. The summed E-state index contributed by atoms with van der Waals surface area (Å²) in [6.07, 6.45) is 1.55. The Labute approximate surface area is 110 Å². The Kier molecular flexibility index (Phi) is 3.70. The van der Waals surface area contributed by atoms with Gasteiger partial charge in [-0.1, -0.05) is 0 Å². The van der Waals surface area contributed by atoms with Crippen molar-refractivity contribution in [3.8, 4) is 0 Å². The number of nitrogens with one attached hydrogen (secondary N) is 1. The van der Waals surface area contributed by atoms with Crippen molar-refractivity contribution in [3.63, 3.8) is 0 Å². The number of nitrogens with zero attached hydrogens (tertiary/aromatic N) is 2. The van der Waals surface area contributed by atoms with E-state index in [1.807, 2.05) is 5.38 Å². The van der Waals surface area contributed by atoms with Crippen LogP contribution in [0.15, 0.2) is 27.6 Å². The molecule has 0 aliphatic rings. The van der Waals surface area contributed by atoms with Gasteiger partial charge in [0.05, 0.1) is 17.7 Å². The second kappa shape index (κ2) is 5.24. The number of thiazole rings is 1. The summed E-state index contributed by atoms with van der Waals surface area (Å²) >= 11 is 4.68. The lowest BCUT2D eigenvalue weighted by Gasteiger charge is -2.07. The van der Waals surface area contributed by atoms with E-state index < -0.39 is 5.97 Å². The van der Waals surface area contributed by atoms with E-state index in [0.717, 1.165) is 5.69 Å². The van der Waals surface area contributed by atoms with Crippen LogP contribution in [0, 0.1) is 0 Å². The van der Waals surface area contributed by atoms with Gasteiger partial charge in [0.25, 0.3) is 0 Å². The summed E-state index contributed by atoms with van der Waals surface area (Å²) < 4.78 is 0.633. The lowest BCUT2D eigenvalue weighted by atomic mass is 10.2. The lowest BCUT2D eigenvalue weighted by molar-refractivity contribution is 0.0697. The minimum absolute atomic E-state index is 0.134. The summed E-state index contributed by atoms with van der Waals surface area (Å²) in [5, 5.41) is 13.9. The molecule has 0 amide bonds. The summed E-state index contributed by atoms with van der Waals surface area (Å²) in [4.78, 5) is 19.2. The molecule has 5 nitrogen and oxygen atoms in total. The van der Waals surface area contributed by atoms with Gasteiger partial charge in [-0.25, -0.2) is 14.8 Å². The number of carbonyl (C=O) groups is 1. The SMILES string of the molecule is O=C(O)c1cc(Br)cnc1NCc1cscn1. The number of carboxylic acids is 1. The monoisotopic (exact) mass is 313 g/mol. The number of rotatable bonds is 4.